The van der Waals surface area contributed by atoms with Crippen molar-refractivity contribution in [1.82, 2.24) is 10.2 Å². The van der Waals surface area contributed by atoms with Gasteiger partial charge >= 0.3 is 12.0 Å². The van der Waals surface area contributed by atoms with Gasteiger partial charge in [-0.3, -0.25) is 0 Å². The van der Waals surface area contributed by atoms with Crippen LogP contribution in [0.5, 0.6) is 0 Å². The number of unbranched alkanes of at least 4 members (excludes halogenated alkanes) is 1. The van der Waals surface area contributed by atoms with Crippen LogP contribution in [0.1, 0.15) is 19.8 Å². The van der Waals surface area contributed by atoms with Crippen LogP contribution in [-0.4, -0.2) is 64.6 Å². The molecule has 0 aromatic rings. The average Bonchev–Trinajstić information content (AvgIpc) is 2.30. The fourth-order valence-corrected chi connectivity index (χ4v) is 1.17. The third kappa shape index (κ3) is 6.75. The molecule has 4 N–H and O–H groups in total. The molecule has 0 aliphatic carbocycles. The van der Waals surface area contributed by atoms with E-state index >= 15 is 0 Å². The molecule has 0 radical (unpaired) electrons. The number of nitrogens with one attached hydrogen (secondary N) is 1. The van der Waals surface area contributed by atoms with Gasteiger partial charge in [0.05, 0.1) is 13.2 Å². The maximum absolute atomic E-state index is 11.6. The predicted octanol–water partition coefficient (Wildman–Crippen LogP) is -0.764. The van der Waals surface area contributed by atoms with E-state index < -0.39 is 18.1 Å². The summed E-state index contributed by atoms with van der Waals surface area (Å²) < 4.78 is 0. The minimum atomic E-state index is -1.61. The molecule has 0 spiro atoms. The van der Waals surface area contributed by atoms with Gasteiger partial charge in [-0.15, -0.1) is 0 Å². The maximum atomic E-state index is 11.6. The van der Waals surface area contributed by atoms with Gasteiger partial charge in [-0.05, 0) is 6.42 Å². The predicted molar refractivity (Wildman–Crippen MR) is 60.6 cm³/mol. The minimum absolute atomic E-state index is 0.154. The quantitative estimate of drug-likeness (QED) is 0.451. The molecule has 0 aromatic heterocycles. The lowest BCUT2D eigenvalue weighted by Gasteiger charge is -2.22. The first-order valence-electron chi connectivity index (χ1n) is 5.57. The molecule has 0 bridgehead atoms. The van der Waals surface area contributed by atoms with Crippen LogP contribution in [0.25, 0.3) is 0 Å². The summed E-state index contributed by atoms with van der Waals surface area (Å²) in [4.78, 5) is 23.3. The molecule has 7 nitrogen and oxygen atoms in total. The number of carbonyl (C=O) groups excluding carboxylic acids is 1. The second-order valence-corrected chi connectivity index (χ2v) is 3.60. The molecule has 0 saturated carbocycles. The molecule has 0 heterocycles. The van der Waals surface area contributed by atoms with Gasteiger partial charge in [0.25, 0.3) is 0 Å². The molecule has 2 amide bonds. The van der Waals surface area contributed by atoms with Crippen LogP contribution in [0.2, 0.25) is 0 Å². The highest BCUT2D eigenvalue weighted by Crippen LogP contribution is 1.95. The Balaban J connectivity index is 4.08. The van der Waals surface area contributed by atoms with Crippen molar-refractivity contribution in [2.24, 2.45) is 0 Å². The van der Waals surface area contributed by atoms with E-state index in [9.17, 15) is 9.59 Å². The number of hydrogen-bond acceptors (Lipinski definition) is 4. The van der Waals surface area contributed by atoms with Crippen molar-refractivity contribution in [3.05, 3.63) is 0 Å². The van der Waals surface area contributed by atoms with Crippen LogP contribution >= 0.6 is 0 Å². The molecule has 0 rings (SSSR count). The van der Waals surface area contributed by atoms with Crippen molar-refractivity contribution in [2.75, 3.05) is 26.2 Å². The number of rotatable bonds is 8. The first-order chi connectivity index (χ1) is 8.02. The Bertz CT molecular complexity index is 247. The lowest BCUT2D eigenvalue weighted by Crippen LogP contribution is -2.45. The second kappa shape index (κ2) is 8.77. The summed E-state index contributed by atoms with van der Waals surface area (Å²) in [6, 6.07) is -0.479. The molecular formula is C10H20N2O5. The summed E-state index contributed by atoms with van der Waals surface area (Å²) in [5.74, 6) is -1.38. The van der Waals surface area contributed by atoms with Crippen LogP contribution < -0.4 is 5.32 Å². The highest BCUT2D eigenvalue weighted by Gasteiger charge is 2.17. The number of nitrogens with zero attached hydrogens (tertiary/aromatic N) is 1. The number of carboxylic acid groups (broad SMARTS) is 1. The average molecular weight is 248 g/mol. The zero-order valence-corrected chi connectivity index (χ0v) is 9.93. The molecule has 0 aliphatic rings. The van der Waals surface area contributed by atoms with Gasteiger partial charge in [0.15, 0.2) is 6.10 Å². The summed E-state index contributed by atoms with van der Waals surface area (Å²) in [5, 5.41) is 28.5. The van der Waals surface area contributed by atoms with Crippen molar-refractivity contribution >= 4 is 12.0 Å². The molecule has 0 saturated heterocycles. The van der Waals surface area contributed by atoms with Crippen molar-refractivity contribution in [3.63, 3.8) is 0 Å². The van der Waals surface area contributed by atoms with E-state index in [1.807, 2.05) is 6.92 Å². The maximum Gasteiger partial charge on any atom is 0.334 e. The smallest absolute Gasteiger partial charge is 0.334 e. The second-order valence-electron chi connectivity index (χ2n) is 3.60. The monoisotopic (exact) mass is 248 g/mol. The number of urea groups is 1. The Morgan fingerprint density at radius 1 is 1.35 bits per heavy atom. The van der Waals surface area contributed by atoms with Gasteiger partial charge in [-0.25, -0.2) is 9.59 Å². The number of hydrogen-bond donors (Lipinski definition) is 4. The molecule has 0 aliphatic heterocycles. The number of aliphatic hydroxyl groups is 2. The Morgan fingerprint density at radius 2 is 2.00 bits per heavy atom. The lowest BCUT2D eigenvalue weighted by molar-refractivity contribution is -0.146. The van der Waals surface area contributed by atoms with Gasteiger partial charge < -0.3 is 25.5 Å². The van der Waals surface area contributed by atoms with Gasteiger partial charge in [-0.2, -0.15) is 0 Å². The Morgan fingerprint density at radius 3 is 2.47 bits per heavy atom. The van der Waals surface area contributed by atoms with Crippen LogP contribution in [0.4, 0.5) is 4.79 Å². The van der Waals surface area contributed by atoms with E-state index in [1.54, 1.807) is 0 Å². The van der Waals surface area contributed by atoms with Crippen LogP contribution in [0, 0.1) is 0 Å². The number of carbonyl (C=O) groups is 2. The fourth-order valence-electron chi connectivity index (χ4n) is 1.17. The van der Waals surface area contributed by atoms with Gasteiger partial charge in [0.2, 0.25) is 0 Å². The fraction of sp³-hybridized carbons (Fsp3) is 0.800. The van der Waals surface area contributed by atoms with E-state index in [0.717, 1.165) is 12.8 Å². The highest BCUT2D eigenvalue weighted by atomic mass is 16.4. The van der Waals surface area contributed by atoms with Gasteiger partial charge in [0.1, 0.15) is 0 Å². The number of aliphatic hydroxyl groups excluding tert-OH is 2. The zero-order chi connectivity index (χ0) is 13.3. The van der Waals surface area contributed by atoms with Crippen LogP contribution in [-0.2, 0) is 4.79 Å². The Kier molecular flexibility index (Phi) is 8.08. The zero-order valence-electron chi connectivity index (χ0n) is 9.93. The molecule has 1 unspecified atom stereocenters. The molecule has 100 valence electrons. The number of amides is 2. The van der Waals surface area contributed by atoms with E-state index in [-0.39, 0.29) is 19.7 Å². The largest absolute Gasteiger partial charge is 0.479 e. The first kappa shape index (κ1) is 15.7. The number of carboxylic acids is 1. The van der Waals surface area contributed by atoms with Gasteiger partial charge in [-0.1, -0.05) is 13.3 Å². The summed E-state index contributed by atoms with van der Waals surface area (Å²) in [6.45, 7) is 2.16. The van der Waals surface area contributed by atoms with Crippen molar-refractivity contribution < 1.29 is 24.9 Å². The normalized spacial score (nSPS) is 11.9. The van der Waals surface area contributed by atoms with E-state index in [4.69, 9.17) is 15.3 Å². The van der Waals surface area contributed by atoms with Crippen molar-refractivity contribution in [2.45, 2.75) is 25.9 Å². The Hall–Kier alpha value is -1.34. The standard InChI is InChI=1S/C10H20N2O5/c1-2-3-4-12(5-6-13)10(17)11-7-8(14)9(15)16/h8,13-14H,2-7H2,1H3,(H,11,17)(H,15,16). The summed E-state index contributed by atoms with van der Waals surface area (Å²) >= 11 is 0. The SMILES string of the molecule is CCCCN(CCO)C(=O)NCC(O)C(=O)O. The van der Waals surface area contributed by atoms with E-state index in [0.29, 0.717) is 6.54 Å². The first-order valence-corrected chi connectivity index (χ1v) is 5.57. The molecular weight excluding hydrogens is 228 g/mol. The minimum Gasteiger partial charge on any atom is -0.479 e. The summed E-state index contributed by atoms with van der Waals surface area (Å²) in [7, 11) is 0. The van der Waals surface area contributed by atoms with E-state index in [2.05, 4.69) is 5.32 Å². The third-order valence-corrected chi connectivity index (χ3v) is 2.17. The third-order valence-electron chi connectivity index (χ3n) is 2.17. The topological polar surface area (TPSA) is 110 Å². The van der Waals surface area contributed by atoms with Crippen LogP contribution in [0.15, 0.2) is 0 Å². The molecule has 17 heavy (non-hydrogen) atoms. The van der Waals surface area contributed by atoms with Crippen molar-refractivity contribution in [1.29, 1.82) is 0 Å². The molecule has 0 aromatic carbocycles. The summed E-state index contributed by atoms with van der Waals surface area (Å²) in [6.07, 6.45) is 0.100. The molecule has 0 fully saturated rings. The highest BCUT2D eigenvalue weighted by molar-refractivity contribution is 5.76. The van der Waals surface area contributed by atoms with Crippen LogP contribution in [0.3, 0.4) is 0 Å². The summed E-state index contributed by atoms with van der Waals surface area (Å²) in [5.41, 5.74) is 0. The number of aliphatic carboxylic acids is 1. The molecule has 1 atom stereocenters. The van der Waals surface area contributed by atoms with Gasteiger partial charge in [0, 0.05) is 13.1 Å². The molecule has 7 heteroatoms. The lowest BCUT2D eigenvalue weighted by atomic mass is 10.3. The Labute approximate surface area is 100 Å². The van der Waals surface area contributed by atoms with Crippen molar-refractivity contribution in [3.8, 4) is 0 Å². The van der Waals surface area contributed by atoms with E-state index in [1.165, 1.54) is 4.90 Å².